The average Bonchev–Trinajstić information content (AvgIpc) is 2.45. The molecule has 0 aliphatic rings. The Kier molecular flexibility index (Phi) is 15.9. The molecule has 0 amide bonds. The molecular weight excluding hydrogens is 254 g/mol. The number of rotatable bonds is 15. The van der Waals surface area contributed by atoms with Gasteiger partial charge >= 0.3 is 5.97 Å². The van der Waals surface area contributed by atoms with Crippen LogP contribution in [0.2, 0.25) is 0 Å². The smallest absolute Gasteiger partial charge is 0.305 e. The summed E-state index contributed by atoms with van der Waals surface area (Å²) in [5.74, 6) is -0.0984. The molecule has 0 spiro atoms. The van der Waals surface area contributed by atoms with E-state index in [9.17, 15) is 4.79 Å². The van der Waals surface area contributed by atoms with E-state index in [1.807, 2.05) is 0 Å². The van der Waals surface area contributed by atoms with Crippen molar-refractivity contribution in [3.05, 3.63) is 0 Å². The van der Waals surface area contributed by atoms with Crippen LogP contribution in [-0.2, 0) is 9.53 Å². The van der Waals surface area contributed by atoms with Gasteiger partial charge in [0.15, 0.2) is 0 Å². The van der Waals surface area contributed by atoms with E-state index in [1.165, 1.54) is 44.9 Å². The van der Waals surface area contributed by atoms with E-state index in [1.54, 1.807) is 0 Å². The predicted octanol–water partition coefficient (Wildman–Crippen LogP) is 3.03. The fourth-order valence-corrected chi connectivity index (χ4v) is 2.09. The van der Waals surface area contributed by atoms with Crippen molar-refractivity contribution in [3.8, 4) is 0 Å². The molecule has 20 heavy (non-hydrogen) atoms. The number of hydrogen-bond donors (Lipinski definition) is 2. The van der Waals surface area contributed by atoms with E-state index in [4.69, 9.17) is 9.84 Å². The maximum Gasteiger partial charge on any atom is 0.305 e. The van der Waals surface area contributed by atoms with Gasteiger partial charge in [0.1, 0.15) is 6.61 Å². The van der Waals surface area contributed by atoms with Crippen LogP contribution >= 0.6 is 0 Å². The maximum atomic E-state index is 11.4. The normalized spacial score (nSPS) is 10.7. The van der Waals surface area contributed by atoms with Crippen LogP contribution in [-0.4, -0.2) is 37.4 Å². The second-order valence-electron chi connectivity index (χ2n) is 5.27. The average molecular weight is 287 g/mol. The zero-order chi connectivity index (χ0) is 14.9. The van der Waals surface area contributed by atoms with Crippen molar-refractivity contribution in [1.29, 1.82) is 0 Å². The molecule has 0 atom stereocenters. The second-order valence-corrected chi connectivity index (χ2v) is 5.27. The fourth-order valence-electron chi connectivity index (χ4n) is 2.09. The lowest BCUT2D eigenvalue weighted by molar-refractivity contribution is -0.143. The van der Waals surface area contributed by atoms with Gasteiger partial charge in [-0.05, 0) is 6.42 Å². The number of aliphatic hydroxyl groups excluding tert-OH is 1. The number of unbranched alkanes of at least 4 members (excludes halogenated alkanes) is 8. The van der Waals surface area contributed by atoms with Crippen LogP contribution in [0.1, 0.15) is 71.1 Å². The summed E-state index contributed by atoms with van der Waals surface area (Å²) in [7, 11) is 0. The van der Waals surface area contributed by atoms with Crippen LogP contribution < -0.4 is 5.32 Å². The Hall–Kier alpha value is -0.610. The number of hydrogen-bond acceptors (Lipinski definition) is 4. The van der Waals surface area contributed by atoms with Crippen molar-refractivity contribution in [3.63, 3.8) is 0 Å². The van der Waals surface area contributed by atoms with Gasteiger partial charge < -0.3 is 15.2 Å². The van der Waals surface area contributed by atoms with Gasteiger partial charge in [-0.1, -0.05) is 58.3 Å². The van der Waals surface area contributed by atoms with E-state index >= 15 is 0 Å². The standard InChI is InChI=1S/C16H33NO3/c1-2-3-4-5-6-7-8-9-10-11-16(19)20-15-13-17-12-14-18/h17-18H,2-15H2,1H3. The van der Waals surface area contributed by atoms with E-state index in [-0.39, 0.29) is 12.6 Å². The highest BCUT2D eigenvalue weighted by atomic mass is 16.5. The van der Waals surface area contributed by atoms with Gasteiger partial charge in [0, 0.05) is 19.5 Å². The molecule has 0 aliphatic heterocycles. The summed E-state index contributed by atoms with van der Waals surface area (Å²) in [6, 6.07) is 0. The molecule has 0 unspecified atom stereocenters. The second kappa shape index (κ2) is 16.4. The minimum absolute atomic E-state index is 0.0984. The van der Waals surface area contributed by atoms with Crippen molar-refractivity contribution in [1.82, 2.24) is 5.32 Å². The molecule has 0 bridgehead atoms. The highest BCUT2D eigenvalue weighted by molar-refractivity contribution is 5.69. The van der Waals surface area contributed by atoms with Crippen molar-refractivity contribution >= 4 is 5.97 Å². The summed E-state index contributed by atoms with van der Waals surface area (Å²) in [5, 5.41) is 11.5. The van der Waals surface area contributed by atoms with Gasteiger partial charge in [0.05, 0.1) is 6.61 Å². The van der Waals surface area contributed by atoms with Gasteiger partial charge in [-0.3, -0.25) is 4.79 Å². The molecule has 0 saturated heterocycles. The van der Waals surface area contributed by atoms with Crippen LogP contribution in [0.4, 0.5) is 0 Å². The van der Waals surface area contributed by atoms with Gasteiger partial charge in [-0.25, -0.2) is 0 Å². The molecule has 0 aliphatic carbocycles. The molecule has 0 rings (SSSR count). The number of esters is 1. The molecule has 0 aromatic rings. The number of aliphatic hydroxyl groups is 1. The van der Waals surface area contributed by atoms with Gasteiger partial charge in [-0.15, -0.1) is 0 Å². The van der Waals surface area contributed by atoms with Crippen LogP contribution in [0.15, 0.2) is 0 Å². The molecule has 0 saturated carbocycles. The van der Waals surface area contributed by atoms with Crippen molar-refractivity contribution in [2.24, 2.45) is 0 Å². The molecule has 2 N–H and O–H groups in total. The Morgan fingerprint density at radius 2 is 1.55 bits per heavy atom. The highest BCUT2D eigenvalue weighted by Crippen LogP contribution is 2.10. The van der Waals surface area contributed by atoms with Gasteiger partial charge in [0.25, 0.3) is 0 Å². The van der Waals surface area contributed by atoms with E-state index in [2.05, 4.69) is 12.2 Å². The lowest BCUT2D eigenvalue weighted by Gasteiger charge is -2.05. The molecule has 0 fully saturated rings. The highest BCUT2D eigenvalue weighted by Gasteiger charge is 2.02. The first kappa shape index (κ1) is 19.4. The van der Waals surface area contributed by atoms with Gasteiger partial charge in [-0.2, -0.15) is 0 Å². The Morgan fingerprint density at radius 1 is 0.950 bits per heavy atom. The van der Waals surface area contributed by atoms with Crippen LogP contribution in [0.3, 0.4) is 0 Å². The Balaban J connectivity index is 3.11. The van der Waals surface area contributed by atoms with E-state index < -0.39 is 0 Å². The lowest BCUT2D eigenvalue weighted by Crippen LogP contribution is -2.24. The molecule has 0 aromatic heterocycles. The van der Waals surface area contributed by atoms with E-state index in [0.29, 0.717) is 26.1 Å². The fraction of sp³-hybridized carbons (Fsp3) is 0.938. The van der Waals surface area contributed by atoms with Crippen molar-refractivity contribution < 1.29 is 14.6 Å². The topological polar surface area (TPSA) is 58.6 Å². The number of ether oxygens (including phenoxy) is 1. The van der Waals surface area contributed by atoms with Gasteiger partial charge in [0.2, 0.25) is 0 Å². The molecular formula is C16H33NO3. The first-order chi connectivity index (χ1) is 9.81. The third kappa shape index (κ3) is 15.4. The van der Waals surface area contributed by atoms with Crippen LogP contribution in [0, 0.1) is 0 Å². The Bertz CT molecular complexity index is 210. The van der Waals surface area contributed by atoms with Crippen molar-refractivity contribution in [2.75, 3.05) is 26.3 Å². The molecule has 4 heteroatoms. The monoisotopic (exact) mass is 287 g/mol. The number of carbonyl (C=O) groups is 1. The minimum atomic E-state index is -0.0984. The van der Waals surface area contributed by atoms with Crippen LogP contribution in [0.25, 0.3) is 0 Å². The Labute approximate surface area is 124 Å². The first-order valence-electron chi connectivity index (χ1n) is 8.28. The largest absolute Gasteiger partial charge is 0.464 e. The summed E-state index contributed by atoms with van der Waals surface area (Å²) >= 11 is 0. The number of nitrogens with one attached hydrogen (secondary N) is 1. The number of carbonyl (C=O) groups excluding carboxylic acids is 1. The lowest BCUT2D eigenvalue weighted by atomic mass is 10.1. The minimum Gasteiger partial charge on any atom is -0.464 e. The third-order valence-corrected chi connectivity index (χ3v) is 3.31. The Morgan fingerprint density at radius 3 is 2.15 bits per heavy atom. The quantitative estimate of drug-likeness (QED) is 0.359. The summed E-state index contributed by atoms with van der Waals surface area (Å²) in [4.78, 5) is 11.4. The van der Waals surface area contributed by atoms with Crippen LogP contribution in [0.5, 0.6) is 0 Å². The zero-order valence-electron chi connectivity index (χ0n) is 13.2. The molecule has 0 heterocycles. The third-order valence-electron chi connectivity index (χ3n) is 3.31. The summed E-state index contributed by atoms with van der Waals surface area (Å²) < 4.78 is 5.08. The molecule has 120 valence electrons. The SMILES string of the molecule is CCCCCCCCCCCC(=O)OCCNCCO. The maximum absolute atomic E-state index is 11.4. The van der Waals surface area contributed by atoms with E-state index in [0.717, 1.165) is 12.8 Å². The summed E-state index contributed by atoms with van der Waals surface area (Å²) in [6.07, 6.45) is 11.9. The van der Waals surface area contributed by atoms with Crippen molar-refractivity contribution in [2.45, 2.75) is 71.1 Å². The summed E-state index contributed by atoms with van der Waals surface area (Å²) in [5.41, 5.74) is 0. The summed E-state index contributed by atoms with van der Waals surface area (Å²) in [6.45, 7) is 3.92. The molecule has 0 radical (unpaired) electrons. The first-order valence-corrected chi connectivity index (χ1v) is 8.28. The zero-order valence-corrected chi connectivity index (χ0v) is 13.2. The molecule has 4 nitrogen and oxygen atoms in total. The molecule has 0 aromatic carbocycles. The predicted molar refractivity (Wildman–Crippen MR) is 82.8 cm³/mol.